The van der Waals surface area contributed by atoms with E-state index in [1.54, 1.807) is 6.07 Å². The molecule has 0 aromatic heterocycles. The highest BCUT2D eigenvalue weighted by Crippen LogP contribution is 2.32. The molecule has 0 spiro atoms. The summed E-state index contributed by atoms with van der Waals surface area (Å²) in [6.45, 7) is 2.15. The van der Waals surface area contributed by atoms with Crippen LogP contribution in [0.15, 0.2) is 6.07 Å². The van der Waals surface area contributed by atoms with E-state index in [9.17, 15) is 19.2 Å². The van der Waals surface area contributed by atoms with Gasteiger partial charge < -0.3 is 14.8 Å². The van der Waals surface area contributed by atoms with Crippen molar-refractivity contribution in [3.63, 3.8) is 0 Å². The fraction of sp³-hybridized carbons (Fsp3) is 0.231. The fourth-order valence-electron chi connectivity index (χ4n) is 1.50. The number of hydrogen-bond acceptors (Lipinski definition) is 6. The molecule has 7 nitrogen and oxygen atoms in total. The molecule has 0 aliphatic rings. The van der Waals surface area contributed by atoms with Gasteiger partial charge in [-0.05, 0) is 85.4 Å². The maximum Gasteiger partial charge on any atom is 0.326 e. The van der Waals surface area contributed by atoms with E-state index in [0.717, 1.165) is 13.8 Å². The summed E-state index contributed by atoms with van der Waals surface area (Å²) in [7, 11) is 0. The molecule has 1 rings (SSSR count). The van der Waals surface area contributed by atoms with Gasteiger partial charge in [0.25, 0.3) is 5.24 Å². The normalized spacial score (nSPS) is 10.3. The number of carbonyl (C=O) groups excluding carboxylic acids is 4. The van der Waals surface area contributed by atoms with Crippen LogP contribution in [-0.2, 0) is 23.9 Å². The summed E-state index contributed by atoms with van der Waals surface area (Å²) in [5.74, 6) is -2.45. The molecule has 0 saturated heterocycles. The molecule has 0 aliphatic heterocycles. The van der Waals surface area contributed by atoms with Crippen molar-refractivity contribution in [2.24, 2.45) is 0 Å². The molecule has 0 unspecified atom stereocenters. The third-order valence-electron chi connectivity index (χ3n) is 2.37. The molecule has 1 aromatic rings. The number of halogens is 4. The Hall–Kier alpha value is -0.220. The SMILES string of the molecule is CC(=O)OC(OC(C)=O)C(=O)Nc1c(I)cc(I)c(C(=O)Cl)c1I. The first-order valence-corrected chi connectivity index (χ1v) is 9.68. The molecule has 11 heteroatoms. The minimum absolute atomic E-state index is 0.241. The van der Waals surface area contributed by atoms with Crippen molar-refractivity contribution in [2.75, 3.05) is 5.32 Å². The van der Waals surface area contributed by atoms with Crippen LogP contribution in [0.5, 0.6) is 0 Å². The van der Waals surface area contributed by atoms with Crippen LogP contribution in [0.4, 0.5) is 5.69 Å². The number of carbonyl (C=O) groups is 4. The van der Waals surface area contributed by atoms with Gasteiger partial charge in [-0.3, -0.25) is 19.2 Å². The summed E-state index contributed by atoms with van der Waals surface area (Å²) in [5.41, 5.74) is 0.542. The molecule has 0 radical (unpaired) electrons. The summed E-state index contributed by atoms with van der Waals surface area (Å²) in [4.78, 5) is 45.9. The van der Waals surface area contributed by atoms with Gasteiger partial charge in [0.2, 0.25) is 0 Å². The molecule has 0 saturated carbocycles. The number of amides is 1. The Balaban J connectivity index is 3.20. The quantitative estimate of drug-likeness (QED) is 0.221. The number of nitrogens with one attached hydrogen (secondary N) is 1. The minimum Gasteiger partial charge on any atom is -0.416 e. The first-order valence-electron chi connectivity index (χ1n) is 6.07. The van der Waals surface area contributed by atoms with Gasteiger partial charge in [-0.1, -0.05) is 0 Å². The molecule has 0 atom stereocenters. The van der Waals surface area contributed by atoms with E-state index >= 15 is 0 Å². The molecule has 24 heavy (non-hydrogen) atoms. The zero-order chi connectivity index (χ0) is 18.6. The van der Waals surface area contributed by atoms with Crippen LogP contribution >= 0.6 is 79.4 Å². The number of ether oxygens (including phenoxy) is 2. The molecule has 1 N–H and O–H groups in total. The topological polar surface area (TPSA) is 98.8 Å². The van der Waals surface area contributed by atoms with Crippen LogP contribution in [-0.4, -0.2) is 29.4 Å². The fourth-order valence-corrected chi connectivity index (χ4v) is 6.15. The highest BCUT2D eigenvalue weighted by atomic mass is 127. The summed E-state index contributed by atoms with van der Waals surface area (Å²) in [6.07, 6.45) is -1.74. The highest BCUT2D eigenvalue weighted by molar-refractivity contribution is 14.1. The van der Waals surface area contributed by atoms with E-state index in [1.807, 2.05) is 67.8 Å². The van der Waals surface area contributed by atoms with Crippen LogP contribution < -0.4 is 5.32 Å². The van der Waals surface area contributed by atoms with Gasteiger partial charge in [0, 0.05) is 21.0 Å². The van der Waals surface area contributed by atoms with Crippen LogP contribution in [0.1, 0.15) is 24.2 Å². The standard InChI is InChI=1S/C13H9ClI3NO6/c1-4(19)23-13(24-5(2)20)12(22)18-10-7(16)3-6(15)8(9(10)17)11(14)21/h3,13H,1-2H3,(H,18,22). The Morgan fingerprint density at radius 1 is 1.04 bits per heavy atom. The second-order valence-corrected chi connectivity index (χ2v) is 7.96. The van der Waals surface area contributed by atoms with E-state index < -0.39 is 29.4 Å². The lowest BCUT2D eigenvalue weighted by Gasteiger charge is -2.18. The van der Waals surface area contributed by atoms with E-state index in [4.69, 9.17) is 11.6 Å². The van der Waals surface area contributed by atoms with E-state index in [-0.39, 0.29) is 5.56 Å². The summed E-state index contributed by atoms with van der Waals surface area (Å²) < 4.78 is 11.0. The van der Waals surface area contributed by atoms with Crippen molar-refractivity contribution < 1.29 is 28.7 Å². The highest BCUT2D eigenvalue weighted by Gasteiger charge is 2.27. The Morgan fingerprint density at radius 2 is 1.54 bits per heavy atom. The van der Waals surface area contributed by atoms with Crippen molar-refractivity contribution in [1.82, 2.24) is 0 Å². The molecule has 130 valence electrons. The molecule has 1 amide bonds. The van der Waals surface area contributed by atoms with E-state index in [0.29, 0.717) is 16.4 Å². The van der Waals surface area contributed by atoms with Crippen molar-refractivity contribution in [2.45, 2.75) is 20.1 Å². The number of esters is 2. The monoisotopic (exact) mass is 691 g/mol. The summed E-state index contributed by atoms with van der Waals surface area (Å²) >= 11 is 11.4. The molecule has 0 aliphatic carbocycles. The maximum atomic E-state index is 12.3. The van der Waals surface area contributed by atoms with Crippen molar-refractivity contribution in [3.8, 4) is 0 Å². The Bertz CT molecular complexity index is 708. The Labute approximate surface area is 182 Å². The summed E-state index contributed by atoms with van der Waals surface area (Å²) in [5, 5.41) is 1.82. The van der Waals surface area contributed by atoms with Gasteiger partial charge in [0.1, 0.15) is 0 Å². The lowest BCUT2D eigenvalue weighted by Crippen LogP contribution is -2.36. The van der Waals surface area contributed by atoms with Crippen molar-refractivity contribution in [1.29, 1.82) is 0 Å². The van der Waals surface area contributed by atoms with Crippen molar-refractivity contribution in [3.05, 3.63) is 22.3 Å². The zero-order valence-corrected chi connectivity index (χ0v) is 19.3. The Morgan fingerprint density at radius 3 is 1.96 bits per heavy atom. The van der Waals surface area contributed by atoms with Crippen LogP contribution in [0.2, 0.25) is 0 Å². The number of rotatable bonds is 5. The maximum absolute atomic E-state index is 12.3. The molecule has 0 heterocycles. The zero-order valence-electron chi connectivity index (χ0n) is 12.1. The van der Waals surface area contributed by atoms with Crippen LogP contribution in [0.3, 0.4) is 0 Å². The average molecular weight is 691 g/mol. The van der Waals surface area contributed by atoms with Crippen LogP contribution in [0.25, 0.3) is 0 Å². The van der Waals surface area contributed by atoms with Gasteiger partial charge in [0.05, 0.1) is 14.8 Å². The first kappa shape index (κ1) is 21.8. The third kappa shape index (κ3) is 5.94. The lowest BCUT2D eigenvalue weighted by molar-refractivity contribution is -0.188. The average Bonchev–Trinajstić information content (AvgIpc) is 2.40. The van der Waals surface area contributed by atoms with Gasteiger partial charge in [-0.15, -0.1) is 0 Å². The van der Waals surface area contributed by atoms with Gasteiger partial charge >= 0.3 is 24.1 Å². The van der Waals surface area contributed by atoms with Gasteiger partial charge in [0.15, 0.2) is 0 Å². The molecule has 0 bridgehead atoms. The predicted molar refractivity (Wildman–Crippen MR) is 111 cm³/mol. The second kappa shape index (κ2) is 9.47. The van der Waals surface area contributed by atoms with E-state index in [2.05, 4.69) is 14.8 Å². The Kier molecular flexibility index (Phi) is 8.61. The summed E-state index contributed by atoms with van der Waals surface area (Å²) in [6, 6.07) is 1.65. The van der Waals surface area contributed by atoms with Gasteiger partial charge in [-0.2, -0.15) is 0 Å². The van der Waals surface area contributed by atoms with Crippen LogP contribution in [0, 0.1) is 10.7 Å². The predicted octanol–water partition coefficient (Wildman–Crippen LogP) is 3.27. The minimum atomic E-state index is -1.74. The van der Waals surface area contributed by atoms with Gasteiger partial charge in [-0.25, -0.2) is 0 Å². The lowest BCUT2D eigenvalue weighted by atomic mass is 10.2. The number of anilines is 1. The smallest absolute Gasteiger partial charge is 0.326 e. The number of benzene rings is 1. The first-order chi connectivity index (χ1) is 11.0. The molecule has 0 fully saturated rings. The largest absolute Gasteiger partial charge is 0.416 e. The number of hydrogen-bond donors (Lipinski definition) is 1. The van der Waals surface area contributed by atoms with E-state index in [1.165, 1.54) is 0 Å². The third-order valence-corrected chi connectivity index (χ3v) is 5.34. The second-order valence-electron chi connectivity index (χ2n) is 4.22. The molecular formula is C13H9ClI3NO6. The van der Waals surface area contributed by atoms with Crippen molar-refractivity contribution >= 4 is 108 Å². The molecular weight excluding hydrogens is 682 g/mol. The molecule has 1 aromatic carbocycles.